The molecule has 112 valence electrons. The van der Waals surface area contributed by atoms with Crippen molar-refractivity contribution in [2.45, 2.75) is 12.8 Å². The molecule has 1 atom stereocenters. The smallest absolute Gasteiger partial charge is 0.126 e. The summed E-state index contributed by atoms with van der Waals surface area (Å²) in [5.41, 5.74) is 3.60. The maximum atomic E-state index is 9.27. The molecule has 2 aromatic carbocycles. The molecule has 0 bridgehead atoms. The van der Waals surface area contributed by atoms with Crippen LogP contribution in [0.4, 0.5) is 0 Å². The number of allylic oxidation sites excluding steroid dienone is 6. The fourth-order valence-electron chi connectivity index (χ4n) is 2.97. The minimum atomic E-state index is -0.158. The highest BCUT2D eigenvalue weighted by molar-refractivity contribution is 5.92. The highest BCUT2D eigenvalue weighted by atomic mass is 14.3. The molecule has 0 amide bonds. The zero-order valence-electron chi connectivity index (χ0n) is 13.1. The molecule has 3 nitrogen and oxygen atoms in total. The largest absolute Gasteiger partial charge is 0.193 e. The van der Waals surface area contributed by atoms with Crippen LogP contribution in [0.15, 0.2) is 65.8 Å². The summed E-state index contributed by atoms with van der Waals surface area (Å²) in [5, 5.41) is 29.5. The topological polar surface area (TPSA) is 71.4 Å². The first-order valence-corrected chi connectivity index (χ1v) is 7.52. The van der Waals surface area contributed by atoms with Gasteiger partial charge in [-0.05, 0) is 52.6 Å². The summed E-state index contributed by atoms with van der Waals surface area (Å²) in [7, 11) is 0. The summed E-state index contributed by atoms with van der Waals surface area (Å²) in [5.74, 6) is -0.158. The van der Waals surface area contributed by atoms with E-state index in [1.807, 2.05) is 48.6 Å². The maximum Gasteiger partial charge on any atom is 0.126 e. The molecule has 3 heteroatoms. The first-order chi connectivity index (χ1) is 11.7. The fraction of sp³-hybridized carbons (Fsp3) is 0.0952. The van der Waals surface area contributed by atoms with Gasteiger partial charge in [-0.1, -0.05) is 36.4 Å². The Hall–Kier alpha value is -3.61. The maximum absolute atomic E-state index is 9.27. The fourth-order valence-corrected chi connectivity index (χ4v) is 2.97. The van der Waals surface area contributed by atoms with Crippen LogP contribution in [0.3, 0.4) is 0 Å². The van der Waals surface area contributed by atoms with Crippen molar-refractivity contribution in [3.8, 4) is 18.2 Å². The van der Waals surface area contributed by atoms with Gasteiger partial charge in [-0.3, -0.25) is 0 Å². The summed E-state index contributed by atoms with van der Waals surface area (Å²) in [6.45, 7) is 1.80. The van der Waals surface area contributed by atoms with E-state index in [2.05, 4.69) is 18.2 Å². The van der Waals surface area contributed by atoms with Gasteiger partial charge < -0.3 is 0 Å². The Morgan fingerprint density at radius 1 is 1.00 bits per heavy atom. The van der Waals surface area contributed by atoms with Gasteiger partial charge in [0.1, 0.15) is 17.7 Å². The molecule has 1 unspecified atom stereocenters. The molecule has 0 aromatic heterocycles. The first-order valence-electron chi connectivity index (χ1n) is 7.52. The van der Waals surface area contributed by atoms with E-state index >= 15 is 0 Å². The van der Waals surface area contributed by atoms with Gasteiger partial charge in [0.05, 0.1) is 6.07 Å². The summed E-state index contributed by atoms with van der Waals surface area (Å²) >= 11 is 0. The molecule has 0 saturated carbocycles. The van der Waals surface area contributed by atoms with E-state index in [1.165, 1.54) is 0 Å². The van der Waals surface area contributed by atoms with Crippen molar-refractivity contribution < 1.29 is 0 Å². The number of hydrogen-bond acceptors (Lipinski definition) is 3. The quantitative estimate of drug-likeness (QED) is 0.713. The van der Waals surface area contributed by atoms with Gasteiger partial charge in [0.15, 0.2) is 0 Å². The highest BCUT2D eigenvalue weighted by Crippen LogP contribution is 2.38. The molecular formula is C21H13N3. The lowest BCUT2D eigenvalue weighted by atomic mass is 9.81. The van der Waals surface area contributed by atoms with Gasteiger partial charge in [0, 0.05) is 11.5 Å². The zero-order chi connectivity index (χ0) is 17.1. The monoisotopic (exact) mass is 307 g/mol. The van der Waals surface area contributed by atoms with Crippen LogP contribution < -0.4 is 0 Å². The van der Waals surface area contributed by atoms with E-state index in [-0.39, 0.29) is 11.5 Å². The van der Waals surface area contributed by atoms with Crippen LogP contribution in [-0.2, 0) is 0 Å². The number of benzene rings is 2. The number of rotatable bonds is 1. The molecule has 1 aliphatic carbocycles. The average Bonchev–Trinajstić information content (AvgIpc) is 2.63. The van der Waals surface area contributed by atoms with E-state index in [9.17, 15) is 5.26 Å². The third kappa shape index (κ3) is 2.58. The molecule has 0 saturated heterocycles. The lowest BCUT2D eigenvalue weighted by Crippen LogP contribution is -2.04. The van der Waals surface area contributed by atoms with Crippen LogP contribution in [0.5, 0.6) is 0 Å². The summed E-state index contributed by atoms with van der Waals surface area (Å²) in [4.78, 5) is 0. The van der Waals surface area contributed by atoms with Crippen molar-refractivity contribution in [3.05, 3.63) is 76.9 Å². The van der Waals surface area contributed by atoms with Gasteiger partial charge >= 0.3 is 0 Å². The molecule has 0 N–H and O–H groups in total. The van der Waals surface area contributed by atoms with Crippen LogP contribution in [-0.4, -0.2) is 0 Å². The minimum Gasteiger partial charge on any atom is -0.193 e. The van der Waals surface area contributed by atoms with E-state index < -0.39 is 0 Å². The van der Waals surface area contributed by atoms with Crippen LogP contribution >= 0.6 is 0 Å². The molecule has 0 fully saturated rings. The molecule has 0 spiro atoms. The normalized spacial score (nSPS) is 17.2. The van der Waals surface area contributed by atoms with E-state index in [0.717, 1.165) is 27.5 Å². The van der Waals surface area contributed by atoms with Gasteiger partial charge in [-0.2, -0.15) is 15.8 Å². The standard InChI is InChI=1S/C21H13N3/c1-14(11-22)19-7-6-18(8-15(12-23)13-24)20-9-16-4-2-3-5-17(16)10-21(19)20/h2-10,18H,1H3/b19-14-. The SMILES string of the molecule is C/C(C#N)=C1\C=CC(C=C(C#N)C#N)c2cc3ccccc3cc21. The number of nitrogens with zero attached hydrogens (tertiary/aromatic N) is 3. The Balaban J connectivity index is 2.31. The molecule has 0 heterocycles. The second kappa shape index (κ2) is 6.25. The van der Waals surface area contributed by atoms with Gasteiger partial charge in [0.2, 0.25) is 0 Å². The van der Waals surface area contributed by atoms with E-state index in [1.54, 1.807) is 13.0 Å². The molecule has 1 aliphatic rings. The summed E-state index contributed by atoms with van der Waals surface area (Å²) in [6.07, 6.45) is 5.51. The molecular weight excluding hydrogens is 294 g/mol. The lowest BCUT2D eigenvalue weighted by molar-refractivity contribution is 1.06. The second-order valence-electron chi connectivity index (χ2n) is 5.63. The van der Waals surface area contributed by atoms with Crippen molar-refractivity contribution in [3.63, 3.8) is 0 Å². The predicted octanol–water partition coefficient (Wildman–Crippen LogP) is 4.76. The predicted molar refractivity (Wildman–Crippen MR) is 93.3 cm³/mol. The number of nitriles is 3. The third-order valence-electron chi connectivity index (χ3n) is 4.20. The molecule has 0 radical (unpaired) electrons. The number of fused-ring (bicyclic) bond motifs is 2. The van der Waals surface area contributed by atoms with Crippen LogP contribution in [0, 0.1) is 34.0 Å². The zero-order valence-corrected chi connectivity index (χ0v) is 13.1. The van der Waals surface area contributed by atoms with E-state index in [0.29, 0.717) is 5.57 Å². The second-order valence-corrected chi connectivity index (χ2v) is 5.63. The van der Waals surface area contributed by atoms with E-state index in [4.69, 9.17) is 10.5 Å². The van der Waals surface area contributed by atoms with Crippen LogP contribution in [0.2, 0.25) is 0 Å². The Labute approximate surface area is 140 Å². The third-order valence-corrected chi connectivity index (χ3v) is 4.20. The van der Waals surface area contributed by atoms with Crippen molar-refractivity contribution in [1.82, 2.24) is 0 Å². The van der Waals surface area contributed by atoms with Crippen LogP contribution in [0.25, 0.3) is 16.3 Å². The van der Waals surface area contributed by atoms with Crippen molar-refractivity contribution in [1.29, 1.82) is 15.8 Å². The Morgan fingerprint density at radius 3 is 2.29 bits per heavy atom. The Kier molecular flexibility index (Phi) is 3.98. The molecule has 3 rings (SSSR count). The molecule has 2 aromatic rings. The van der Waals surface area contributed by atoms with Crippen molar-refractivity contribution in [2.75, 3.05) is 0 Å². The molecule has 0 aliphatic heterocycles. The summed E-state index contributed by atoms with van der Waals surface area (Å²) in [6, 6.07) is 18.2. The minimum absolute atomic E-state index is 0.0909. The van der Waals surface area contributed by atoms with Gasteiger partial charge in [0.25, 0.3) is 0 Å². The lowest BCUT2D eigenvalue weighted by Gasteiger charge is -2.22. The molecule has 24 heavy (non-hydrogen) atoms. The Bertz CT molecular complexity index is 1030. The van der Waals surface area contributed by atoms with Crippen molar-refractivity contribution >= 4 is 16.3 Å². The van der Waals surface area contributed by atoms with Gasteiger partial charge in [-0.15, -0.1) is 0 Å². The summed E-state index contributed by atoms with van der Waals surface area (Å²) < 4.78 is 0. The Morgan fingerprint density at radius 2 is 1.67 bits per heavy atom. The van der Waals surface area contributed by atoms with Gasteiger partial charge in [-0.25, -0.2) is 0 Å². The average molecular weight is 307 g/mol. The van der Waals surface area contributed by atoms with Crippen LogP contribution in [0.1, 0.15) is 24.0 Å². The first kappa shape index (κ1) is 15.3. The number of hydrogen-bond donors (Lipinski definition) is 0. The highest BCUT2D eigenvalue weighted by Gasteiger charge is 2.20. The van der Waals surface area contributed by atoms with Crippen molar-refractivity contribution in [2.24, 2.45) is 0 Å².